The first-order valence-electron chi connectivity index (χ1n) is 4.75. The fraction of sp³-hybridized carbons (Fsp3) is 1.00. The van der Waals surface area contributed by atoms with Crippen LogP contribution in [-0.2, 0) is 24.0 Å². The summed E-state index contributed by atoms with van der Waals surface area (Å²) in [4.78, 5) is 0. The van der Waals surface area contributed by atoms with Crippen molar-refractivity contribution >= 4 is 0 Å². The van der Waals surface area contributed by atoms with Gasteiger partial charge in [-0.1, -0.05) is 0 Å². The van der Waals surface area contributed by atoms with Crippen LogP contribution in [0.15, 0.2) is 0 Å². The molecule has 0 aliphatic carbocycles. The van der Waals surface area contributed by atoms with Crippen LogP contribution in [0.5, 0.6) is 0 Å². The molecule has 13 heavy (non-hydrogen) atoms. The molecule has 0 aliphatic heterocycles. The van der Waals surface area contributed by atoms with Crippen molar-refractivity contribution in [3.63, 3.8) is 0 Å². The third-order valence-electron chi connectivity index (χ3n) is 2.27. The molecule has 5 heteroatoms. The van der Waals surface area contributed by atoms with Gasteiger partial charge in [0.05, 0.1) is 0 Å². The second-order valence-corrected chi connectivity index (χ2v) is 8.78. The Hall–Kier alpha value is 0.554. The SMILES string of the molecule is C[O][Ti]([CH2]CCN)([CH2]CCN)[O]C. The molecule has 0 heterocycles. The van der Waals surface area contributed by atoms with Gasteiger partial charge in [0, 0.05) is 0 Å². The number of hydrogen-bond donors (Lipinski definition) is 2. The molecule has 0 aromatic heterocycles. The summed E-state index contributed by atoms with van der Waals surface area (Å²) in [6, 6.07) is 0. The zero-order valence-electron chi connectivity index (χ0n) is 8.71. The molecular formula is C8H22N2O2Ti. The number of nitrogens with two attached hydrogens (primary N) is 2. The molecule has 0 rings (SSSR count). The van der Waals surface area contributed by atoms with Crippen LogP contribution in [0.3, 0.4) is 0 Å². The predicted molar refractivity (Wildman–Crippen MR) is 51.0 cm³/mol. The molecule has 0 amide bonds. The molecule has 4 nitrogen and oxygen atoms in total. The summed E-state index contributed by atoms with van der Waals surface area (Å²) < 4.78 is 13.1. The molecular weight excluding hydrogens is 204 g/mol. The maximum atomic E-state index is 5.55. The molecule has 0 atom stereocenters. The molecule has 0 aromatic rings. The summed E-state index contributed by atoms with van der Waals surface area (Å²) in [5.41, 5.74) is 10.9. The second kappa shape index (κ2) is 7.91. The van der Waals surface area contributed by atoms with E-state index in [1.54, 1.807) is 14.2 Å². The van der Waals surface area contributed by atoms with Gasteiger partial charge in [0.15, 0.2) is 0 Å². The van der Waals surface area contributed by atoms with E-state index in [1.807, 2.05) is 0 Å². The average molecular weight is 226 g/mol. The molecule has 0 bridgehead atoms. The third kappa shape index (κ3) is 5.10. The third-order valence-corrected chi connectivity index (χ3v) is 8.07. The first-order chi connectivity index (χ1) is 6.24. The van der Waals surface area contributed by atoms with E-state index < -0.39 is 17.4 Å². The zero-order chi connectivity index (χ0) is 10.2. The van der Waals surface area contributed by atoms with E-state index in [0.717, 1.165) is 22.3 Å². The summed E-state index contributed by atoms with van der Waals surface area (Å²) in [6.45, 7) is 1.42. The van der Waals surface area contributed by atoms with Crippen molar-refractivity contribution in [1.29, 1.82) is 0 Å². The summed E-state index contributed by atoms with van der Waals surface area (Å²) in [7, 11) is 3.49. The van der Waals surface area contributed by atoms with Gasteiger partial charge in [0.25, 0.3) is 0 Å². The van der Waals surface area contributed by atoms with Crippen LogP contribution in [0.1, 0.15) is 12.8 Å². The average Bonchev–Trinajstić information content (AvgIpc) is 2.20. The van der Waals surface area contributed by atoms with Crippen molar-refractivity contribution in [3.05, 3.63) is 0 Å². The van der Waals surface area contributed by atoms with Crippen LogP contribution in [0, 0.1) is 0 Å². The Balaban J connectivity index is 3.97. The summed E-state index contributed by atoms with van der Waals surface area (Å²) in [5, 5.41) is 0. The van der Waals surface area contributed by atoms with Crippen LogP contribution < -0.4 is 11.5 Å². The van der Waals surface area contributed by atoms with Gasteiger partial charge < -0.3 is 0 Å². The summed E-state index contributed by atoms with van der Waals surface area (Å²) in [5.74, 6) is 0. The first kappa shape index (κ1) is 13.6. The topological polar surface area (TPSA) is 70.5 Å². The van der Waals surface area contributed by atoms with Crippen molar-refractivity contribution in [2.45, 2.75) is 22.3 Å². The van der Waals surface area contributed by atoms with Crippen molar-refractivity contribution in [3.8, 4) is 0 Å². The van der Waals surface area contributed by atoms with Gasteiger partial charge in [-0.05, 0) is 0 Å². The zero-order valence-corrected chi connectivity index (χ0v) is 10.3. The fourth-order valence-corrected chi connectivity index (χ4v) is 5.60. The molecule has 0 fully saturated rings. The number of rotatable bonds is 8. The van der Waals surface area contributed by atoms with E-state index in [1.165, 1.54) is 0 Å². The van der Waals surface area contributed by atoms with Crippen LogP contribution >= 0.6 is 0 Å². The Morgan fingerprint density at radius 3 is 1.54 bits per heavy atom. The van der Waals surface area contributed by atoms with Crippen LogP contribution in [0.2, 0.25) is 9.45 Å². The predicted octanol–water partition coefficient (Wildman–Crippen LogP) is 0.797. The van der Waals surface area contributed by atoms with Gasteiger partial charge in [0.2, 0.25) is 0 Å². The maximum absolute atomic E-state index is 5.55. The van der Waals surface area contributed by atoms with E-state index in [9.17, 15) is 0 Å². The van der Waals surface area contributed by atoms with Gasteiger partial charge in [-0.25, -0.2) is 0 Å². The van der Waals surface area contributed by atoms with E-state index in [0.29, 0.717) is 13.1 Å². The van der Waals surface area contributed by atoms with Crippen molar-refractivity contribution in [2.75, 3.05) is 27.3 Å². The molecule has 0 unspecified atom stereocenters. The van der Waals surface area contributed by atoms with Crippen LogP contribution in [0.4, 0.5) is 0 Å². The molecule has 0 radical (unpaired) electrons. The molecule has 0 aliphatic rings. The Morgan fingerprint density at radius 1 is 0.923 bits per heavy atom. The minimum atomic E-state index is -2.46. The van der Waals surface area contributed by atoms with Crippen LogP contribution in [-0.4, -0.2) is 27.3 Å². The van der Waals surface area contributed by atoms with Gasteiger partial charge in [-0.15, -0.1) is 0 Å². The molecule has 0 spiro atoms. The monoisotopic (exact) mass is 226 g/mol. The van der Waals surface area contributed by atoms with Gasteiger partial charge >= 0.3 is 85.1 Å². The van der Waals surface area contributed by atoms with Crippen LogP contribution in [0.25, 0.3) is 0 Å². The minimum absolute atomic E-state index is 0.711. The number of hydrogen-bond acceptors (Lipinski definition) is 4. The van der Waals surface area contributed by atoms with Gasteiger partial charge in [-0.2, -0.15) is 0 Å². The first-order valence-corrected chi connectivity index (χ1v) is 8.23. The fourth-order valence-electron chi connectivity index (χ4n) is 1.36. The molecule has 80 valence electrons. The van der Waals surface area contributed by atoms with Gasteiger partial charge in [-0.3, -0.25) is 0 Å². The summed E-state index contributed by atoms with van der Waals surface area (Å²) >= 11 is -2.46. The van der Waals surface area contributed by atoms with Crippen molar-refractivity contribution in [2.24, 2.45) is 11.5 Å². The normalized spacial score (nSPS) is 12.0. The molecule has 0 saturated heterocycles. The molecule has 0 saturated carbocycles. The van der Waals surface area contributed by atoms with Gasteiger partial charge in [0.1, 0.15) is 0 Å². The Bertz CT molecular complexity index is 111. The Labute approximate surface area is 85.3 Å². The van der Waals surface area contributed by atoms with E-state index in [-0.39, 0.29) is 0 Å². The van der Waals surface area contributed by atoms with E-state index >= 15 is 0 Å². The van der Waals surface area contributed by atoms with Crippen molar-refractivity contribution in [1.82, 2.24) is 0 Å². The van der Waals surface area contributed by atoms with Crippen molar-refractivity contribution < 1.29 is 24.0 Å². The standard InChI is InChI=1S/2C3H8N.2CH3O.Ti/c2*1-2-3-4;2*1-2;/h2*1-4H2;2*1H3;/q;;2*-1;+2. The molecule has 0 aromatic carbocycles. The molecule has 4 N–H and O–H groups in total. The second-order valence-electron chi connectivity index (χ2n) is 3.10. The van der Waals surface area contributed by atoms with E-state index in [4.69, 9.17) is 18.1 Å². The quantitative estimate of drug-likeness (QED) is 0.600. The summed E-state index contributed by atoms with van der Waals surface area (Å²) in [6.07, 6.45) is 1.98. The Morgan fingerprint density at radius 2 is 1.31 bits per heavy atom. The Kier molecular flexibility index (Phi) is 8.25. The van der Waals surface area contributed by atoms with E-state index in [2.05, 4.69) is 0 Å².